The molecule has 0 aliphatic rings. The van der Waals surface area contributed by atoms with E-state index in [1.807, 2.05) is 13.8 Å². The van der Waals surface area contributed by atoms with Crippen LogP contribution in [-0.4, -0.2) is 22.2 Å². The van der Waals surface area contributed by atoms with Crippen molar-refractivity contribution >= 4 is 11.7 Å². The fraction of sp³-hybridized carbons (Fsp3) is 0.500. The zero-order valence-electron chi connectivity index (χ0n) is 12.8. The Morgan fingerprint density at radius 3 is 2.20 bits per heavy atom. The maximum Gasteiger partial charge on any atom is 0.269 e. The third-order valence-corrected chi connectivity index (χ3v) is 3.85. The van der Waals surface area contributed by atoms with Crippen molar-refractivity contribution in [1.29, 1.82) is 0 Å². The maximum absolute atomic E-state index is 12.4. The van der Waals surface area contributed by atoms with Crippen molar-refractivity contribution in [2.75, 3.05) is 0 Å². The summed E-state index contributed by atoms with van der Waals surface area (Å²) < 4.78 is 0. The SMILES string of the molecule is C#CC(CC)(CC)NC(=O)c1[nH]c(C)c(C(C)=O)c1C. The van der Waals surface area contributed by atoms with E-state index in [9.17, 15) is 9.59 Å². The zero-order chi connectivity index (χ0) is 15.5. The highest BCUT2D eigenvalue weighted by Gasteiger charge is 2.28. The van der Waals surface area contributed by atoms with Crippen molar-refractivity contribution in [2.24, 2.45) is 0 Å². The van der Waals surface area contributed by atoms with Gasteiger partial charge in [-0.15, -0.1) is 6.42 Å². The van der Waals surface area contributed by atoms with Crippen LogP contribution >= 0.6 is 0 Å². The van der Waals surface area contributed by atoms with Gasteiger partial charge >= 0.3 is 0 Å². The first kappa shape index (κ1) is 16.0. The lowest BCUT2D eigenvalue weighted by molar-refractivity contribution is 0.0911. The molecule has 2 N–H and O–H groups in total. The van der Waals surface area contributed by atoms with Crippen LogP contribution in [0.4, 0.5) is 0 Å². The molecular formula is C16H22N2O2. The molecule has 0 unspecified atom stereocenters. The summed E-state index contributed by atoms with van der Waals surface area (Å²) in [6, 6.07) is 0. The number of terminal acetylenes is 1. The lowest BCUT2D eigenvalue weighted by Crippen LogP contribution is -2.46. The van der Waals surface area contributed by atoms with Crippen LogP contribution in [0.1, 0.15) is 65.7 Å². The molecule has 0 saturated heterocycles. The molecule has 108 valence electrons. The van der Waals surface area contributed by atoms with Crippen LogP contribution in [0.15, 0.2) is 0 Å². The van der Waals surface area contributed by atoms with E-state index in [1.54, 1.807) is 13.8 Å². The van der Waals surface area contributed by atoms with Crippen molar-refractivity contribution in [1.82, 2.24) is 10.3 Å². The maximum atomic E-state index is 12.4. The van der Waals surface area contributed by atoms with E-state index in [1.165, 1.54) is 6.92 Å². The minimum atomic E-state index is -0.640. The number of amides is 1. The molecule has 4 heteroatoms. The van der Waals surface area contributed by atoms with Crippen molar-refractivity contribution in [3.05, 3.63) is 22.5 Å². The van der Waals surface area contributed by atoms with E-state index in [0.717, 1.165) is 0 Å². The number of aromatic amines is 1. The first-order valence-corrected chi connectivity index (χ1v) is 6.82. The molecule has 0 fully saturated rings. The largest absolute Gasteiger partial charge is 0.354 e. The zero-order valence-corrected chi connectivity index (χ0v) is 12.8. The summed E-state index contributed by atoms with van der Waals surface area (Å²) in [4.78, 5) is 27.0. The van der Waals surface area contributed by atoms with Crippen molar-refractivity contribution < 1.29 is 9.59 Å². The Morgan fingerprint density at radius 2 is 1.85 bits per heavy atom. The molecule has 20 heavy (non-hydrogen) atoms. The molecule has 0 aromatic carbocycles. The standard InChI is InChI=1S/C16H22N2O2/c1-7-16(8-2,9-3)18-15(20)14-10(4)13(12(6)19)11(5)17-14/h1,17H,8-9H2,2-6H3,(H,18,20). The van der Waals surface area contributed by atoms with Gasteiger partial charge in [0.15, 0.2) is 5.78 Å². The van der Waals surface area contributed by atoms with Crippen LogP contribution in [0.3, 0.4) is 0 Å². The molecule has 0 aliphatic heterocycles. The number of carbonyl (C=O) groups excluding carboxylic acids is 2. The minimum Gasteiger partial charge on any atom is -0.354 e. The summed E-state index contributed by atoms with van der Waals surface area (Å²) in [7, 11) is 0. The Labute approximate surface area is 120 Å². The van der Waals surface area contributed by atoms with Gasteiger partial charge in [-0.3, -0.25) is 9.59 Å². The smallest absolute Gasteiger partial charge is 0.269 e. The number of aromatic nitrogens is 1. The second-order valence-corrected chi connectivity index (χ2v) is 5.07. The molecule has 0 atom stereocenters. The molecule has 0 radical (unpaired) electrons. The fourth-order valence-corrected chi connectivity index (χ4v) is 2.45. The van der Waals surface area contributed by atoms with Gasteiger partial charge in [0.2, 0.25) is 0 Å². The van der Waals surface area contributed by atoms with Gasteiger partial charge in [0.05, 0.1) is 0 Å². The quantitative estimate of drug-likeness (QED) is 0.640. The Kier molecular flexibility index (Phi) is 4.78. The molecule has 4 nitrogen and oxygen atoms in total. The molecule has 1 heterocycles. The number of hydrogen-bond donors (Lipinski definition) is 2. The topological polar surface area (TPSA) is 62.0 Å². The highest BCUT2D eigenvalue weighted by atomic mass is 16.2. The van der Waals surface area contributed by atoms with Gasteiger partial charge in [-0.1, -0.05) is 19.8 Å². The van der Waals surface area contributed by atoms with E-state index in [-0.39, 0.29) is 11.7 Å². The third-order valence-electron chi connectivity index (χ3n) is 3.85. The Morgan fingerprint density at radius 1 is 1.30 bits per heavy atom. The molecule has 1 aromatic rings. The average Bonchev–Trinajstić information content (AvgIpc) is 2.71. The minimum absolute atomic E-state index is 0.0514. The van der Waals surface area contributed by atoms with Gasteiger partial charge < -0.3 is 10.3 Å². The van der Waals surface area contributed by atoms with E-state index < -0.39 is 5.54 Å². The third kappa shape index (κ3) is 2.77. The molecule has 0 bridgehead atoms. The van der Waals surface area contributed by atoms with Crippen molar-refractivity contribution in [3.8, 4) is 12.3 Å². The van der Waals surface area contributed by atoms with Gasteiger partial charge in [-0.2, -0.15) is 0 Å². The van der Waals surface area contributed by atoms with Gasteiger partial charge in [0, 0.05) is 11.3 Å². The molecular weight excluding hydrogens is 252 g/mol. The van der Waals surface area contributed by atoms with Crippen LogP contribution in [0.5, 0.6) is 0 Å². The summed E-state index contributed by atoms with van der Waals surface area (Å²) in [5, 5.41) is 2.90. The van der Waals surface area contributed by atoms with Gasteiger partial charge in [-0.25, -0.2) is 0 Å². The Balaban J connectivity index is 3.15. The lowest BCUT2D eigenvalue weighted by atomic mass is 9.93. The number of carbonyl (C=O) groups is 2. The van der Waals surface area contributed by atoms with Gasteiger partial charge in [0.1, 0.15) is 11.2 Å². The molecule has 0 saturated carbocycles. The number of Topliss-reactive ketones (excluding diaryl/α,β-unsaturated/α-hetero) is 1. The van der Waals surface area contributed by atoms with Gasteiger partial charge in [0.25, 0.3) is 5.91 Å². The molecule has 0 aliphatic carbocycles. The second kappa shape index (κ2) is 5.96. The van der Waals surface area contributed by atoms with E-state index in [2.05, 4.69) is 16.2 Å². The monoisotopic (exact) mass is 274 g/mol. The summed E-state index contributed by atoms with van der Waals surface area (Å²) in [5.41, 5.74) is 1.73. The first-order chi connectivity index (χ1) is 9.31. The van der Waals surface area contributed by atoms with Gasteiger partial charge in [-0.05, 0) is 39.2 Å². The number of hydrogen-bond acceptors (Lipinski definition) is 2. The highest BCUT2D eigenvalue weighted by molar-refractivity contribution is 6.02. The number of nitrogens with one attached hydrogen (secondary N) is 2. The summed E-state index contributed by atoms with van der Waals surface area (Å²) in [6.45, 7) is 8.93. The average molecular weight is 274 g/mol. The fourth-order valence-electron chi connectivity index (χ4n) is 2.45. The van der Waals surface area contributed by atoms with E-state index >= 15 is 0 Å². The van der Waals surface area contributed by atoms with Crippen LogP contribution in [0.2, 0.25) is 0 Å². The highest BCUT2D eigenvalue weighted by Crippen LogP contribution is 2.20. The van der Waals surface area contributed by atoms with Crippen LogP contribution in [0.25, 0.3) is 0 Å². The molecule has 1 rings (SSSR count). The van der Waals surface area contributed by atoms with E-state index in [0.29, 0.717) is 35.4 Å². The number of ketones is 1. The first-order valence-electron chi connectivity index (χ1n) is 6.82. The second-order valence-electron chi connectivity index (χ2n) is 5.07. The van der Waals surface area contributed by atoms with Crippen LogP contribution in [0, 0.1) is 26.2 Å². The molecule has 1 aromatic heterocycles. The Bertz CT molecular complexity index is 572. The predicted molar refractivity (Wildman–Crippen MR) is 79.9 cm³/mol. The number of H-pyrrole nitrogens is 1. The molecule has 1 amide bonds. The number of rotatable bonds is 5. The predicted octanol–water partition coefficient (Wildman–Crippen LogP) is 2.76. The van der Waals surface area contributed by atoms with E-state index in [4.69, 9.17) is 6.42 Å². The Hall–Kier alpha value is -2.02. The molecule has 0 spiro atoms. The van der Waals surface area contributed by atoms with Crippen molar-refractivity contribution in [2.45, 2.75) is 53.0 Å². The normalized spacial score (nSPS) is 11.0. The number of aryl methyl sites for hydroxylation is 1. The lowest BCUT2D eigenvalue weighted by Gasteiger charge is -2.26. The summed E-state index contributed by atoms with van der Waals surface area (Å²) in [6.07, 6.45) is 6.86. The van der Waals surface area contributed by atoms with Crippen molar-refractivity contribution in [3.63, 3.8) is 0 Å². The van der Waals surface area contributed by atoms with Crippen LogP contribution < -0.4 is 5.32 Å². The summed E-state index contributed by atoms with van der Waals surface area (Å²) in [5.74, 6) is 2.35. The van der Waals surface area contributed by atoms with Crippen LogP contribution in [-0.2, 0) is 0 Å². The summed E-state index contributed by atoms with van der Waals surface area (Å²) >= 11 is 0.